The van der Waals surface area contributed by atoms with E-state index < -0.39 is 54.0 Å². The molecule has 0 spiro atoms. The molecule has 0 aliphatic rings. The summed E-state index contributed by atoms with van der Waals surface area (Å²) in [5.74, 6) is -44.2. The number of halogens is 17. The maximum atomic E-state index is 13.0. The molecule has 0 heterocycles. The summed E-state index contributed by atoms with van der Waals surface area (Å²) in [4.78, 5) is 9.79. The highest BCUT2D eigenvalue weighted by Gasteiger charge is 2.90. The van der Waals surface area contributed by atoms with Crippen molar-refractivity contribution in [2.45, 2.75) is 48.0 Å². The summed E-state index contributed by atoms with van der Waals surface area (Å²) in [7, 11) is 0. The lowest BCUT2D eigenvalue weighted by atomic mass is 9.97. The fourth-order valence-electron chi connectivity index (χ4n) is 1.17. The second kappa shape index (κ2) is 6.62. The predicted octanol–water partition coefficient (Wildman–Crippen LogP) is 5.01. The smallest absolute Gasteiger partial charge is 0.462 e. The van der Waals surface area contributed by atoms with E-state index in [-0.39, 0.29) is 0 Å². The van der Waals surface area contributed by atoms with Crippen molar-refractivity contribution in [1.82, 2.24) is 0 Å². The van der Waals surface area contributed by atoms with Gasteiger partial charge in [-0.05, 0) is 0 Å². The fraction of sp³-hybridized carbons (Fsp3) is 0.889. The van der Waals surface area contributed by atoms with Gasteiger partial charge in [-0.3, -0.25) is 0 Å². The molecule has 0 aromatic carbocycles. The zero-order valence-electron chi connectivity index (χ0n) is 12.2. The number of aliphatic carboxylic acids is 1. The van der Waals surface area contributed by atoms with Crippen molar-refractivity contribution in [1.29, 1.82) is 0 Å². The quantitative estimate of drug-likeness (QED) is 0.497. The number of carboxylic acid groups (broad SMARTS) is 1. The normalized spacial score (nSPS) is 16.2. The molecule has 0 fully saturated rings. The van der Waals surface area contributed by atoms with Gasteiger partial charge in [-0.15, -0.1) is 0 Å². The molecule has 0 amide bonds. The second-order valence-corrected chi connectivity index (χ2v) is 4.81. The zero-order valence-corrected chi connectivity index (χ0v) is 12.2. The Morgan fingerprint density at radius 3 is 1.10 bits per heavy atom. The Hall–Kier alpha value is -1.76. The van der Waals surface area contributed by atoms with Crippen LogP contribution in [0.4, 0.5) is 74.6 Å². The van der Waals surface area contributed by atoms with E-state index in [0.29, 0.717) is 0 Å². The average molecular weight is 480 g/mol. The van der Waals surface area contributed by atoms with E-state index in [2.05, 4.69) is 0 Å². The van der Waals surface area contributed by atoms with Gasteiger partial charge < -0.3 is 5.11 Å². The van der Waals surface area contributed by atoms with Gasteiger partial charge in [-0.25, -0.2) is 9.53 Å². The van der Waals surface area contributed by atoms with Gasteiger partial charge in [-0.1, -0.05) is 0 Å². The van der Waals surface area contributed by atoms with Crippen LogP contribution in [-0.2, 0) is 9.53 Å². The number of carbonyl (C=O) groups is 1. The van der Waals surface area contributed by atoms with E-state index in [4.69, 9.17) is 5.11 Å². The monoisotopic (exact) mass is 480 g/mol. The lowest BCUT2D eigenvalue weighted by Gasteiger charge is -2.39. The van der Waals surface area contributed by atoms with Crippen molar-refractivity contribution in [3.8, 4) is 0 Å². The van der Waals surface area contributed by atoms with Gasteiger partial charge in [0.25, 0.3) is 0 Å². The maximum absolute atomic E-state index is 13.0. The van der Waals surface area contributed by atoms with Crippen LogP contribution in [0, 0.1) is 0 Å². The van der Waals surface area contributed by atoms with Crippen molar-refractivity contribution in [2.75, 3.05) is 0 Å². The molecule has 0 aromatic rings. The van der Waals surface area contributed by atoms with Gasteiger partial charge in [0.1, 0.15) is 0 Å². The third-order valence-corrected chi connectivity index (χ3v) is 2.80. The van der Waals surface area contributed by atoms with Crippen LogP contribution in [0.15, 0.2) is 0 Å². The number of hydrogen-bond donors (Lipinski definition) is 1. The van der Waals surface area contributed by atoms with Crippen molar-refractivity contribution in [2.24, 2.45) is 0 Å². The van der Waals surface area contributed by atoms with Crippen LogP contribution in [0.5, 0.6) is 0 Å². The predicted molar refractivity (Wildman–Crippen MR) is 49.4 cm³/mol. The summed E-state index contributed by atoms with van der Waals surface area (Å²) < 4.78 is 214. The summed E-state index contributed by atoms with van der Waals surface area (Å²) in [6.45, 7) is 0. The molecule has 0 atom stereocenters. The number of carboxylic acids is 1. The number of hydrogen-bond acceptors (Lipinski definition) is 2. The lowest BCUT2D eigenvalue weighted by molar-refractivity contribution is -0.518. The topological polar surface area (TPSA) is 46.5 Å². The molecule has 0 bridgehead atoms. The van der Waals surface area contributed by atoms with E-state index in [1.807, 2.05) is 0 Å². The van der Waals surface area contributed by atoms with Crippen LogP contribution in [0.1, 0.15) is 0 Å². The van der Waals surface area contributed by atoms with Crippen LogP contribution in [-0.4, -0.2) is 59.1 Å². The first-order chi connectivity index (χ1) is 12.2. The van der Waals surface area contributed by atoms with Crippen LogP contribution >= 0.6 is 0 Å². The first-order valence-electron chi connectivity index (χ1n) is 5.80. The number of alkyl halides is 17. The Labute approximate surface area is 145 Å². The molecule has 0 aromatic heterocycles. The van der Waals surface area contributed by atoms with Crippen molar-refractivity contribution < 1.29 is 89.3 Å². The third kappa shape index (κ3) is 3.74. The fourth-order valence-corrected chi connectivity index (χ4v) is 1.17. The standard InChI is InChI=1S/C9HF17O3/c10-2(11,1(27)28)3(12,13)4(14,15)5(16,17)8(23,24)29-9(25,26)6(18,19)7(20,21)22/h(H,27,28). The minimum Gasteiger partial charge on any atom is -0.477 e. The molecule has 0 saturated carbocycles. The van der Waals surface area contributed by atoms with Crippen LogP contribution in [0.3, 0.4) is 0 Å². The molecular weight excluding hydrogens is 479 g/mol. The highest BCUT2D eigenvalue weighted by atomic mass is 19.4. The Balaban J connectivity index is 6.39. The maximum Gasteiger partial charge on any atom is 0.462 e. The Morgan fingerprint density at radius 2 is 0.828 bits per heavy atom. The average Bonchev–Trinajstić information content (AvgIpc) is 2.43. The summed E-state index contributed by atoms with van der Waals surface area (Å²) >= 11 is 0. The third-order valence-electron chi connectivity index (χ3n) is 2.80. The molecule has 0 rings (SSSR count). The van der Waals surface area contributed by atoms with E-state index in [9.17, 15) is 79.4 Å². The summed E-state index contributed by atoms with van der Waals surface area (Å²) in [6, 6.07) is 0. The molecule has 29 heavy (non-hydrogen) atoms. The molecule has 0 aliphatic heterocycles. The highest BCUT2D eigenvalue weighted by molar-refractivity contribution is 5.77. The van der Waals surface area contributed by atoms with Gasteiger partial charge in [0.15, 0.2) is 0 Å². The van der Waals surface area contributed by atoms with E-state index in [1.54, 1.807) is 0 Å². The molecule has 174 valence electrons. The molecule has 0 saturated heterocycles. The van der Waals surface area contributed by atoms with Gasteiger partial charge >= 0.3 is 54.0 Å². The first kappa shape index (κ1) is 27.2. The summed E-state index contributed by atoms with van der Waals surface area (Å²) in [6.07, 6.45) is -23.5. The minimum atomic E-state index is -8.40. The summed E-state index contributed by atoms with van der Waals surface area (Å²) in [5.41, 5.74) is 0. The van der Waals surface area contributed by atoms with Crippen LogP contribution in [0.25, 0.3) is 0 Å². The number of ether oxygens (including phenoxy) is 1. The van der Waals surface area contributed by atoms with Crippen molar-refractivity contribution >= 4 is 5.97 Å². The molecule has 0 radical (unpaired) electrons. The minimum absolute atomic E-state index is 1.04. The second-order valence-electron chi connectivity index (χ2n) is 4.81. The molecular formula is C9HF17O3. The van der Waals surface area contributed by atoms with Crippen molar-refractivity contribution in [3.05, 3.63) is 0 Å². The molecule has 20 heteroatoms. The molecule has 3 nitrogen and oxygen atoms in total. The van der Waals surface area contributed by atoms with E-state index in [1.165, 1.54) is 0 Å². The molecule has 0 aliphatic carbocycles. The zero-order chi connectivity index (χ0) is 24.3. The first-order valence-corrected chi connectivity index (χ1v) is 5.80. The van der Waals surface area contributed by atoms with Crippen LogP contribution in [0.2, 0.25) is 0 Å². The van der Waals surface area contributed by atoms with Gasteiger partial charge in [0.05, 0.1) is 0 Å². The SMILES string of the molecule is O=C(O)C(F)(F)C(F)(F)C(F)(F)C(F)(F)C(F)(F)OC(F)(F)C(F)(F)C(F)(F)F. The van der Waals surface area contributed by atoms with Gasteiger partial charge in [-0.2, -0.15) is 74.6 Å². The Kier molecular flexibility index (Phi) is 6.22. The number of rotatable bonds is 8. The Morgan fingerprint density at radius 1 is 0.517 bits per heavy atom. The lowest BCUT2D eigenvalue weighted by Crippen LogP contribution is -2.70. The van der Waals surface area contributed by atoms with Crippen molar-refractivity contribution in [3.63, 3.8) is 0 Å². The largest absolute Gasteiger partial charge is 0.477 e. The van der Waals surface area contributed by atoms with Gasteiger partial charge in [0.2, 0.25) is 0 Å². The van der Waals surface area contributed by atoms with Gasteiger partial charge in [0, 0.05) is 0 Å². The highest BCUT2D eigenvalue weighted by Crippen LogP contribution is 2.59. The molecule has 0 unspecified atom stereocenters. The molecule has 1 N–H and O–H groups in total. The Bertz CT molecular complexity index is 633. The summed E-state index contributed by atoms with van der Waals surface area (Å²) in [5, 5.41) is 7.62. The van der Waals surface area contributed by atoms with Crippen LogP contribution < -0.4 is 0 Å². The van der Waals surface area contributed by atoms with E-state index >= 15 is 0 Å². The van der Waals surface area contributed by atoms with E-state index in [0.717, 1.165) is 4.74 Å².